The first-order valence-electron chi connectivity index (χ1n) is 5.98. The molecule has 0 fully saturated rings. The summed E-state index contributed by atoms with van der Waals surface area (Å²) in [6.07, 6.45) is 0. The average molecular weight is 276 g/mol. The maximum Gasteiger partial charge on any atom is 0.214 e. The van der Waals surface area contributed by atoms with E-state index in [1.54, 1.807) is 4.68 Å². The number of carbonyl (C=O) groups is 1. The summed E-state index contributed by atoms with van der Waals surface area (Å²) in [7, 11) is 0. The summed E-state index contributed by atoms with van der Waals surface area (Å²) in [6, 6.07) is 9.62. The molecule has 0 saturated carbocycles. The lowest BCUT2D eigenvalue weighted by molar-refractivity contribution is -0.123. The highest BCUT2D eigenvalue weighted by Gasteiger charge is 2.22. The van der Waals surface area contributed by atoms with Gasteiger partial charge in [-0.25, -0.2) is 0 Å². The van der Waals surface area contributed by atoms with Crippen LogP contribution in [0.25, 0.3) is 5.69 Å². The van der Waals surface area contributed by atoms with E-state index in [0.717, 1.165) is 5.69 Å². The summed E-state index contributed by atoms with van der Waals surface area (Å²) in [5.74, 6) is 0.552. The fraction of sp³-hybridized carbons (Fsp3) is 0.385. The van der Waals surface area contributed by atoms with Crippen LogP contribution in [-0.2, 0) is 4.79 Å². The highest BCUT2D eigenvalue weighted by atomic mass is 32.2. The molecule has 0 spiro atoms. The first-order chi connectivity index (χ1) is 8.98. The molecule has 2 rings (SSSR count). The van der Waals surface area contributed by atoms with Crippen LogP contribution in [0, 0.1) is 5.41 Å². The van der Waals surface area contributed by atoms with Crippen molar-refractivity contribution in [1.82, 2.24) is 20.2 Å². The minimum Gasteiger partial charge on any atom is -0.298 e. The van der Waals surface area contributed by atoms with E-state index in [-0.39, 0.29) is 11.2 Å². The number of tetrazole rings is 1. The van der Waals surface area contributed by atoms with Gasteiger partial charge in [-0.2, -0.15) is 4.68 Å². The van der Waals surface area contributed by atoms with Crippen LogP contribution in [0.1, 0.15) is 20.8 Å². The fourth-order valence-corrected chi connectivity index (χ4v) is 2.40. The van der Waals surface area contributed by atoms with Crippen LogP contribution >= 0.6 is 11.8 Å². The van der Waals surface area contributed by atoms with Crippen molar-refractivity contribution in [3.05, 3.63) is 30.3 Å². The predicted molar refractivity (Wildman–Crippen MR) is 74.3 cm³/mol. The quantitative estimate of drug-likeness (QED) is 0.802. The zero-order valence-electron chi connectivity index (χ0n) is 11.2. The lowest BCUT2D eigenvalue weighted by Gasteiger charge is -2.15. The van der Waals surface area contributed by atoms with Crippen LogP contribution in [0.5, 0.6) is 0 Å². The second-order valence-corrected chi connectivity index (χ2v) is 6.11. The molecule has 1 aromatic carbocycles. The molecule has 0 bridgehead atoms. The van der Waals surface area contributed by atoms with Gasteiger partial charge in [-0.3, -0.25) is 4.79 Å². The van der Waals surface area contributed by atoms with E-state index >= 15 is 0 Å². The SMILES string of the molecule is CC(C)(C)C(=O)CSc1nnnn1-c1ccccc1. The van der Waals surface area contributed by atoms with E-state index in [1.165, 1.54) is 11.8 Å². The van der Waals surface area contributed by atoms with E-state index in [0.29, 0.717) is 10.9 Å². The molecular weight excluding hydrogens is 260 g/mol. The van der Waals surface area contributed by atoms with Crippen LogP contribution in [-0.4, -0.2) is 31.7 Å². The molecular formula is C13H16N4OS. The van der Waals surface area contributed by atoms with Gasteiger partial charge in [-0.1, -0.05) is 50.7 Å². The Kier molecular flexibility index (Phi) is 3.99. The molecule has 0 aliphatic rings. The zero-order valence-corrected chi connectivity index (χ0v) is 12.0. The van der Waals surface area contributed by atoms with E-state index in [4.69, 9.17) is 0 Å². The van der Waals surface area contributed by atoms with Gasteiger partial charge in [0.25, 0.3) is 0 Å². The smallest absolute Gasteiger partial charge is 0.214 e. The van der Waals surface area contributed by atoms with Crippen molar-refractivity contribution in [3.63, 3.8) is 0 Å². The molecule has 5 nitrogen and oxygen atoms in total. The predicted octanol–water partition coefficient (Wildman–Crippen LogP) is 2.37. The molecule has 0 aliphatic heterocycles. The number of hydrogen-bond donors (Lipinski definition) is 0. The van der Waals surface area contributed by atoms with Crippen molar-refractivity contribution >= 4 is 17.5 Å². The number of Topliss-reactive ketones (excluding diaryl/α,β-unsaturated/α-hetero) is 1. The Morgan fingerprint density at radius 2 is 1.95 bits per heavy atom. The number of hydrogen-bond acceptors (Lipinski definition) is 5. The number of nitrogens with zero attached hydrogens (tertiary/aromatic N) is 4. The van der Waals surface area contributed by atoms with Crippen molar-refractivity contribution < 1.29 is 4.79 Å². The maximum absolute atomic E-state index is 11.9. The van der Waals surface area contributed by atoms with Crippen LogP contribution < -0.4 is 0 Å². The first kappa shape index (κ1) is 13.7. The van der Waals surface area contributed by atoms with E-state index in [1.807, 2.05) is 51.1 Å². The standard InChI is InChI=1S/C13H16N4OS/c1-13(2,3)11(18)9-19-12-14-15-16-17(12)10-7-5-4-6-8-10/h4-8H,9H2,1-3H3. The second kappa shape index (κ2) is 5.52. The van der Waals surface area contributed by atoms with Gasteiger partial charge in [0.1, 0.15) is 5.78 Å². The minimum absolute atomic E-state index is 0.181. The Balaban J connectivity index is 2.11. The fourth-order valence-electron chi connectivity index (χ4n) is 1.35. The third-order valence-electron chi connectivity index (χ3n) is 2.61. The number of ketones is 1. The van der Waals surface area contributed by atoms with Gasteiger partial charge >= 0.3 is 0 Å². The molecule has 0 atom stereocenters. The molecule has 19 heavy (non-hydrogen) atoms. The van der Waals surface area contributed by atoms with Crippen LogP contribution in [0.4, 0.5) is 0 Å². The number of para-hydroxylation sites is 1. The molecule has 100 valence electrons. The molecule has 0 radical (unpaired) electrons. The highest BCUT2D eigenvalue weighted by molar-refractivity contribution is 7.99. The Morgan fingerprint density at radius 1 is 1.26 bits per heavy atom. The van der Waals surface area contributed by atoms with E-state index < -0.39 is 0 Å². The van der Waals surface area contributed by atoms with Gasteiger partial charge in [-0.05, 0) is 22.6 Å². The summed E-state index contributed by atoms with van der Waals surface area (Å²) >= 11 is 1.36. The van der Waals surface area contributed by atoms with Crippen molar-refractivity contribution in [2.24, 2.45) is 5.41 Å². The summed E-state index contributed by atoms with van der Waals surface area (Å²) in [6.45, 7) is 5.74. The number of aromatic nitrogens is 4. The summed E-state index contributed by atoms with van der Waals surface area (Å²) in [5, 5.41) is 12.2. The van der Waals surface area contributed by atoms with Gasteiger partial charge in [0, 0.05) is 5.41 Å². The number of rotatable bonds is 4. The van der Waals surface area contributed by atoms with Crippen molar-refractivity contribution in [2.75, 3.05) is 5.75 Å². The number of benzene rings is 1. The highest BCUT2D eigenvalue weighted by Crippen LogP contribution is 2.22. The lowest BCUT2D eigenvalue weighted by Crippen LogP contribution is -2.22. The van der Waals surface area contributed by atoms with Gasteiger partial charge in [0.05, 0.1) is 11.4 Å². The minimum atomic E-state index is -0.335. The summed E-state index contributed by atoms with van der Waals surface area (Å²) in [4.78, 5) is 11.9. The second-order valence-electron chi connectivity index (χ2n) is 5.17. The molecule has 1 aromatic heterocycles. The third kappa shape index (κ3) is 3.41. The molecule has 2 aromatic rings. The molecule has 1 heterocycles. The van der Waals surface area contributed by atoms with Gasteiger partial charge in [0.15, 0.2) is 0 Å². The third-order valence-corrected chi connectivity index (χ3v) is 3.53. The van der Waals surface area contributed by atoms with E-state index in [9.17, 15) is 4.79 Å². The molecule has 0 aliphatic carbocycles. The molecule has 0 saturated heterocycles. The Labute approximate surface area is 116 Å². The number of carbonyl (C=O) groups excluding carboxylic acids is 1. The monoisotopic (exact) mass is 276 g/mol. The molecule has 0 N–H and O–H groups in total. The first-order valence-corrected chi connectivity index (χ1v) is 6.97. The normalized spacial score (nSPS) is 11.5. The van der Waals surface area contributed by atoms with Crippen molar-refractivity contribution in [1.29, 1.82) is 0 Å². The lowest BCUT2D eigenvalue weighted by atomic mass is 9.92. The average Bonchev–Trinajstić information content (AvgIpc) is 2.84. The zero-order chi connectivity index (χ0) is 13.9. The van der Waals surface area contributed by atoms with Crippen LogP contribution in [0.3, 0.4) is 0 Å². The van der Waals surface area contributed by atoms with Crippen molar-refractivity contribution in [2.45, 2.75) is 25.9 Å². The maximum atomic E-state index is 11.9. The Bertz CT molecular complexity index is 560. The molecule has 0 amide bonds. The largest absolute Gasteiger partial charge is 0.298 e. The van der Waals surface area contributed by atoms with E-state index in [2.05, 4.69) is 15.5 Å². The van der Waals surface area contributed by atoms with Crippen molar-refractivity contribution in [3.8, 4) is 5.69 Å². The Hall–Kier alpha value is -1.69. The van der Waals surface area contributed by atoms with Gasteiger partial charge in [0.2, 0.25) is 5.16 Å². The molecule has 0 unspecified atom stereocenters. The topological polar surface area (TPSA) is 60.7 Å². The molecule has 6 heteroatoms. The summed E-state index contributed by atoms with van der Waals surface area (Å²) < 4.78 is 1.64. The Morgan fingerprint density at radius 3 is 2.58 bits per heavy atom. The summed E-state index contributed by atoms with van der Waals surface area (Å²) in [5.41, 5.74) is 0.552. The van der Waals surface area contributed by atoms with Gasteiger partial charge in [-0.15, -0.1) is 5.10 Å². The van der Waals surface area contributed by atoms with Crippen LogP contribution in [0.15, 0.2) is 35.5 Å². The van der Waals surface area contributed by atoms with Crippen LogP contribution in [0.2, 0.25) is 0 Å². The number of thioether (sulfide) groups is 1. The van der Waals surface area contributed by atoms with Gasteiger partial charge < -0.3 is 0 Å².